The van der Waals surface area contributed by atoms with Crippen molar-refractivity contribution >= 4 is 29.1 Å². The number of anilines is 2. The number of carbonyl (C=O) groups is 3. The van der Waals surface area contributed by atoms with Crippen LogP contribution in [0.4, 0.5) is 11.4 Å². The molecule has 1 heterocycles. The van der Waals surface area contributed by atoms with Crippen LogP contribution in [0.3, 0.4) is 0 Å². The highest BCUT2D eigenvalue weighted by Gasteiger charge is 2.45. The number of nitrogens with zero attached hydrogens (tertiary/aromatic N) is 1. The van der Waals surface area contributed by atoms with Gasteiger partial charge in [0.15, 0.2) is 0 Å². The van der Waals surface area contributed by atoms with Crippen molar-refractivity contribution in [2.45, 2.75) is 27.2 Å². The second kappa shape index (κ2) is 5.20. The molecular weight excluding hydrogens is 270 g/mol. The molecule has 1 aliphatic rings. The molecular formula is C15H19N3O3. The SMILES string of the molecule is Cc1cccc(N)c1NC(=O)CN1C(=O)CC(C)(C)C1=O. The van der Waals surface area contributed by atoms with E-state index in [1.165, 1.54) is 0 Å². The van der Waals surface area contributed by atoms with Gasteiger partial charge in [0, 0.05) is 6.42 Å². The lowest BCUT2D eigenvalue weighted by Gasteiger charge is -2.18. The summed E-state index contributed by atoms with van der Waals surface area (Å²) in [5.74, 6) is -1.08. The minimum atomic E-state index is -0.737. The fraction of sp³-hybridized carbons (Fsp3) is 0.400. The Morgan fingerprint density at radius 3 is 2.57 bits per heavy atom. The predicted octanol–water partition coefficient (Wildman–Crippen LogP) is 1.30. The number of amides is 3. The van der Waals surface area contributed by atoms with Crippen molar-refractivity contribution in [2.24, 2.45) is 5.41 Å². The van der Waals surface area contributed by atoms with Crippen LogP contribution < -0.4 is 11.1 Å². The highest BCUT2D eigenvalue weighted by molar-refractivity contribution is 6.09. The van der Waals surface area contributed by atoms with Gasteiger partial charge in [0.05, 0.1) is 16.8 Å². The minimum Gasteiger partial charge on any atom is -0.397 e. The quantitative estimate of drug-likeness (QED) is 0.648. The third-order valence-electron chi connectivity index (χ3n) is 3.59. The highest BCUT2D eigenvalue weighted by Crippen LogP contribution is 2.31. The summed E-state index contributed by atoms with van der Waals surface area (Å²) in [5, 5.41) is 2.66. The number of nitrogen functional groups attached to an aromatic ring is 1. The number of nitrogens with one attached hydrogen (secondary N) is 1. The molecule has 3 N–H and O–H groups in total. The van der Waals surface area contributed by atoms with Gasteiger partial charge in [-0.15, -0.1) is 0 Å². The first-order valence-corrected chi connectivity index (χ1v) is 6.72. The lowest BCUT2D eigenvalue weighted by Crippen LogP contribution is -2.39. The van der Waals surface area contributed by atoms with Crippen molar-refractivity contribution in [3.8, 4) is 0 Å². The standard InChI is InChI=1S/C15H19N3O3/c1-9-5-4-6-10(16)13(9)17-11(19)8-18-12(20)7-15(2,3)14(18)21/h4-6H,7-8,16H2,1-3H3,(H,17,19). The number of nitrogens with two attached hydrogens (primary N) is 1. The monoisotopic (exact) mass is 289 g/mol. The molecule has 0 atom stereocenters. The molecule has 3 amide bonds. The Hall–Kier alpha value is -2.37. The van der Waals surface area contributed by atoms with E-state index in [4.69, 9.17) is 5.73 Å². The van der Waals surface area contributed by atoms with Crippen LogP contribution in [0, 0.1) is 12.3 Å². The fourth-order valence-corrected chi connectivity index (χ4v) is 2.37. The van der Waals surface area contributed by atoms with E-state index in [0.717, 1.165) is 10.5 Å². The number of benzene rings is 1. The zero-order valence-electron chi connectivity index (χ0n) is 12.4. The van der Waals surface area contributed by atoms with Gasteiger partial charge < -0.3 is 11.1 Å². The first-order valence-electron chi connectivity index (χ1n) is 6.72. The average molecular weight is 289 g/mol. The molecule has 0 unspecified atom stereocenters. The van der Waals surface area contributed by atoms with E-state index in [-0.39, 0.29) is 24.8 Å². The van der Waals surface area contributed by atoms with Crippen LogP contribution in [0.2, 0.25) is 0 Å². The maximum atomic E-state index is 12.1. The molecule has 2 rings (SSSR count). The van der Waals surface area contributed by atoms with Crippen LogP contribution in [-0.4, -0.2) is 29.2 Å². The molecule has 0 aliphatic carbocycles. The summed E-state index contributed by atoms with van der Waals surface area (Å²) in [6, 6.07) is 5.29. The number of para-hydroxylation sites is 1. The maximum Gasteiger partial charge on any atom is 0.244 e. The highest BCUT2D eigenvalue weighted by atomic mass is 16.2. The van der Waals surface area contributed by atoms with Crippen LogP contribution in [-0.2, 0) is 14.4 Å². The summed E-state index contributed by atoms with van der Waals surface area (Å²) in [5.41, 5.74) is 6.86. The van der Waals surface area contributed by atoms with Gasteiger partial charge >= 0.3 is 0 Å². The molecule has 112 valence electrons. The van der Waals surface area contributed by atoms with Crippen LogP contribution in [0.5, 0.6) is 0 Å². The van der Waals surface area contributed by atoms with E-state index in [1.807, 2.05) is 13.0 Å². The van der Waals surface area contributed by atoms with Crippen molar-refractivity contribution in [3.05, 3.63) is 23.8 Å². The van der Waals surface area contributed by atoms with Gasteiger partial charge in [-0.1, -0.05) is 26.0 Å². The molecule has 0 saturated carbocycles. The number of hydrogen-bond acceptors (Lipinski definition) is 4. The Morgan fingerprint density at radius 2 is 2.05 bits per heavy atom. The van der Waals surface area contributed by atoms with Gasteiger partial charge in [0.1, 0.15) is 6.54 Å². The Morgan fingerprint density at radius 1 is 1.38 bits per heavy atom. The van der Waals surface area contributed by atoms with E-state index >= 15 is 0 Å². The second-order valence-electron chi connectivity index (χ2n) is 5.93. The van der Waals surface area contributed by atoms with Crippen molar-refractivity contribution in [3.63, 3.8) is 0 Å². The first kappa shape index (κ1) is 15.0. The topological polar surface area (TPSA) is 92.5 Å². The number of aryl methyl sites for hydroxylation is 1. The van der Waals surface area contributed by atoms with Gasteiger partial charge in [-0.3, -0.25) is 19.3 Å². The number of hydrogen-bond donors (Lipinski definition) is 2. The minimum absolute atomic E-state index is 0.131. The van der Waals surface area contributed by atoms with Gasteiger partial charge in [0.2, 0.25) is 17.7 Å². The number of imide groups is 1. The Kier molecular flexibility index (Phi) is 3.72. The third-order valence-corrected chi connectivity index (χ3v) is 3.59. The molecule has 0 aromatic heterocycles. The zero-order valence-corrected chi connectivity index (χ0v) is 12.4. The molecule has 1 aromatic carbocycles. The Bertz CT molecular complexity index is 602. The molecule has 21 heavy (non-hydrogen) atoms. The van der Waals surface area contributed by atoms with Crippen LogP contribution in [0.15, 0.2) is 18.2 Å². The first-order chi connectivity index (χ1) is 9.72. The molecule has 0 spiro atoms. The van der Waals surface area contributed by atoms with E-state index < -0.39 is 11.3 Å². The summed E-state index contributed by atoms with van der Waals surface area (Å²) in [7, 11) is 0. The maximum absolute atomic E-state index is 12.1. The summed E-state index contributed by atoms with van der Waals surface area (Å²) < 4.78 is 0. The van der Waals surface area contributed by atoms with Crippen molar-refractivity contribution in [1.82, 2.24) is 4.90 Å². The number of likely N-dealkylation sites (tertiary alicyclic amines) is 1. The summed E-state index contributed by atoms with van der Waals surface area (Å²) in [4.78, 5) is 36.9. The number of rotatable bonds is 3. The average Bonchev–Trinajstić information content (AvgIpc) is 2.56. The van der Waals surface area contributed by atoms with Crippen LogP contribution >= 0.6 is 0 Å². The zero-order chi connectivity index (χ0) is 15.8. The predicted molar refractivity (Wildman–Crippen MR) is 79.3 cm³/mol. The van der Waals surface area contributed by atoms with Gasteiger partial charge in [-0.25, -0.2) is 0 Å². The molecule has 0 radical (unpaired) electrons. The van der Waals surface area contributed by atoms with Crippen molar-refractivity contribution in [2.75, 3.05) is 17.6 Å². The lowest BCUT2D eigenvalue weighted by molar-refractivity contribution is -0.143. The molecule has 1 saturated heterocycles. The van der Waals surface area contributed by atoms with Crippen LogP contribution in [0.25, 0.3) is 0 Å². The third kappa shape index (κ3) is 2.89. The van der Waals surface area contributed by atoms with Crippen molar-refractivity contribution < 1.29 is 14.4 Å². The normalized spacial score (nSPS) is 17.2. The fourth-order valence-electron chi connectivity index (χ4n) is 2.37. The summed E-state index contributed by atoms with van der Waals surface area (Å²) >= 11 is 0. The largest absolute Gasteiger partial charge is 0.397 e. The Labute approximate surface area is 123 Å². The lowest BCUT2D eigenvalue weighted by atomic mass is 9.92. The van der Waals surface area contributed by atoms with E-state index in [2.05, 4.69) is 5.32 Å². The molecule has 1 fully saturated rings. The molecule has 6 heteroatoms. The molecule has 1 aliphatic heterocycles. The molecule has 1 aromatic rings. The smallest absolute Gasteiger partial charge is 0.244 e. The van der Waals surface area contributed by atoms with E-state index in [0.29, 0.717) is 11.4 Å². The summed E-state index contributed by atoms with van der Waals surface area (Å²) in [6.07, 6.45) is 0.131. The molecule has 6 nitrogen and oxygen atoms in total. The van der Waals surface area contributed by atoms with Crippen LogP contribution in [0.1, 0.15) is 25.8 Å². The van der Waals surface area contributed by atoms with Gasteiger partial charge in [-0.05, 0) is 18.6 Å². The Balaban J connectivity index is 2.10. The van der Waals surface area contributed by atoms with Gasteiger partial charge in [0.25, 0.3) is 0 Å². The van der Waals surface area contributed by atoms with Crippen molar-refractivity contribution in [1.29, 1.82) is 0 Å². The number of carbonyl (C=O) groups excluding carboxylic acids is 3. The van der Waals surface area contributed by atoms with E-state index in [9.17, 15) is 14.4 Å². The molecule has 0 bridgehead atoms. The van der Waals surface area contributed by atoms with E-state index in [1.54, 1.807) is 26.0 Å². The van der Waals surface area contributed by atoms with Gasteiger partial charge in [-0.2, -0.15) is 0 Å². The second-order valence-corrected chi connectivity index (χ2v) is 5.93. The summed E-state index contributed by atoms with van der Waals surface area (Å²) in [6.45, 7) is 4.94.